The minimum atomic E-state index is -0.422. The standard InChI is InChI=1S/C27H24FN7O/c1-35-13-17(10-32-35)20-8-18-21(12-30-20)33-25-24(18)23(19(28)11-31-25)15-2-4-16(5-3-15)26(36)34-22-9-27(22)6-7-29-14-27/h2-5,8,10-13,22,29H,6-7,9,14H2,1H3,(H,31,33)(H,34,36)/t22-,27+/m0/s1. The molecule has 1 saturated carbocycles. The fourth-order valence-corrected chi connectivity index (χ4v) is 5.54. The third-order valence-electron chi connectivity index (χ3n) is 7.67. The Morgan fingerprint density at radius 1 is 1.17 bits per heavy atom. The first-order chi connectivity index (χ1) is 17.5. The van der Waals surface area contributed by atoms with Gasteiger partial charge in [0.05, 0.1) is 29.8 Å². The molecule has 1 aliphatic carbocycles. The third kappa shape index (κ3) is 3.30. The lowest BCUT2D eigenvalue weighted by Gasteiger charge is -2.10. The molecule has 1 saturated heterocycles. The van der Waals surface area contributed by atoms with E-state index in [-0.39, 0.29) is 17.4 Å². The molecule has 1 amide bonds. The van der Waals surface area contributed by atoms with Gasteiger partial charge in [0.25, 0.3) is 5.91 Å². The maximum Gasteiger partial charge on any atom is 0.251 e. The normalized spacial score (nSPS) is 21.0. The van der Waals surface area contributed by atoms with Gasteiger partial charge in [0, 0.05) is 58.7 Å². The molecule has 5 aromatic rings. The maximum absolute atomic E-state index is 15.3. The van der Waals surface area contributed by atoms with Crippen molar-refractivity contribution in [1.82, 2.24) is 35.4 Å². The third-order valence-corrected chi connectivity index (χ3v) is 7.67. The van der Waals surface area contributed by atoms with E-state index in [0.717, 1.165) is 48.1 Å². The molecule has 3 N–H and O–H groups in total. The monoisotopic (exact) mass is 481 g/mol. The van der Waals surface area contributed by atoms with Crippen molar-refractivity contribution in [3.05, 3.63) is 66.5 Å². The number of carbonyl (C=O) groups excluding carboxylic acids is 1. The molecule has 2 atom stereocenters. The van der Waals surface area contributed by atoms with Crippen molar-refractivity contribution in [2.45, 2.75) is 18.9 Å². The molecule has 0 bridgehead atoms. The molecule has 0 unspecified atom stereocenters. The Bertz CT molecular complexity index is 1650. The summed E-state index contributed by atoms with van der Waals surface area (Å²) < 4.78 is 17.0. The van der Waals surface area contributed by atoms with E-state index in [9.17, 15) is 4.79 Å². The van der Waals surface area contributed by atoms with Crippen molar-refractivity contribution < 1.29 is 9.18 Å². The van der Waals surface area contributed by atoms with Crippen molar-refractivity contribution in [3.63, 3.8) is 0 Å². The first-order valence-electron chi connectivity index (χ1n) is 12.1. The van der Waals surface area contributed by atoms with Gasteiger partial charge in [-0.25, -0.2) is 9.37 Å². The summed E-state index contributed by atoms with van der Waals surface area (Å²) >= 11 is 0. The molecule has 1 spiro atoms. The van der Waals surface area contributed by atoms with Gasteiger partial charge in [0.1, 0.15) is 11.5 Å². The van der Waals surface area contributed by atoms with Crippen LogP contribution in [-0.2, 0) is 7.05 Å². The van der Waals surface area contributed by atoms with Crippen LogP contribution in [0.1, 0.15) is 23.2 Å². The number of halogens is 1. The van der Waals surface area contributed by atoms with E-state index >= 15 is 4.39 Å². The van der Waals surface area contributed by atoms with Crippen LogP contribution in [0.3, 0.4) is 0 Å². The highest BCUT2D eigenvalue weighted by Crippen LogP contribution is 2.50. The van der Waals surface area contributed by atoms with E-state index in [4.69, 9.17) is 0 Å². The summed E-state index contributed by atoms with van der Waals surface area (Å²) in [7, 11) is 1.85. The fourth-order valence-electron chi connectivity index (χ4n) is 5.54. The van der Waals surface area contributed by atoms with E-state index in [1.807, 2.05) is 19.3 Å². The van der Waals surface area contributed by atoms with Gasteiger partial charge >= 0.3 is 0 Å². The number of fused-ring (bicyclic) bond motifs is 3. The second kappa shape index (κ2) is 7.69. The predicted octanol–water partition coefficient (Wildman–Crippen LogP) is 3.80. The largest absolute Gasteiger partial charge is 0.349 e. The van der Waals surface area contributed by atoms with Crippen molar-refractivity contribution in [2.24, 2.45) is 12.5 Å². The molecule has 1 aliphatic heterocycles. The van der Waals surface area contributed by atoms with Gasteiger partial charge < -0.3 is 15.6 Å². The lowest BCUT2D eigenvalue weighted by atomic mass is 9.99. The van der Waals surface area contributed by atoms with Gasteiger partial charge in [-0.05, 0) is 43.1 Å². The average Bonchev–Trinajstić information content (AvgIpc) is 3.28. The molecule has 9 heteroatoms. The zero-order valence-electron chi connectivity index (χ0n) is 19.7. The summed E-state index contributed by atoms with van der Waals surface area (Å²) in [6, 6.07) is 9.28. The van der Waals surface area contributed by atoms with E-state index in [1.54, 1.807) is 41.3 Å². The summed E-state index contributed by atoms with van der Waals surface area (Å²) in [5, 5.41) is 12.3. The smallest absolute Gasteiger partial charge is 0.251 e. The number of hydrogen-bond acceptors (Lipinski definition) is 5. The number of aryl methyl sites for hydroxylation is 1. The summed E-state index contributed by atoms with van der Waals surface area (Å²) in [4.78, 5) is 24.9. The van der Waals surface area contributed by atoms with Gasteiger partial charge in [0.15, 0.2) is 0 Å². The number of rotatable bonds is 4. The molecule has 0 radical (unpaired) electrons. The number of nitrogens with one attached hydrogen (secondary N) is 3. The Hall–Kier alpha value is -4.11. The number of nitrogens with zero attached hydrogens (tertiary/aromatic N) is 4. The van der Waals surface area contributed by atoms with Crippen LogP contribution < -0.4 is 10.6 Å². The maximum atomic E-state index is 15.3. The molecule has 5 heterocycles. The van der Waals surface area contributed by atoms with Gasteiger partial charge in [-0.2, -0.15) is 5.10 Å². The van der Waals surface area contributed by atoms with Gasteiger partial charge in [0.2, 0.25) is 0 Å². The van der Waals surface area contributed by atoms with Gasteiger partial charge in [-0.3, -0.25) is 14.5 Å². The highest BCUT2D eigenvalue weighted by molar-refractivity contribution is 6.13. The van der Waals surface area contributed by atoms with Crippen molar-refractivity contribution in [2.75, 3.05) is 13.1 Å². The number of aromatic amines is 1. The Balaban J connectivity index is 1.25. The SMILES string of the molecule is Cn1cc(-c2cc3c(cn2)[nH]c2ncc(F)c(-c4ccc(C(=O)N[C@H]5C[C@@]56CCNC6)cc4)c23)cn1. The average molecular weight is 482 g/mol. The van der Waals surface area contributed by atoms with Crippen molar-refractivity contribution >= 4 is 27.8 Å². The highest BCUT2D eigenvalue weighted by atomic mass is 19.1. The predicted molar refractivity (Wildman–Crippen MR) is 135 cm³/mol. The minimum Gasteiger partial charge on any atom is -0.349 e. The van der Waals surface area contributed by atoms with Gasteiger partial charge in [-0.15, -0.1) is 0 Å². The molecule has 180 valence electrons. The first-order valence-corrected chi connectivity index (χ1v) is 12.1. The summed E-state index contributed by atoms with van der Waals surface area (Å²) in [5.74, 6) is -0.510. The number of aromatic nitrogens is 5. The Morgan fingerprint density at radius 3 is 2.78 bits per heavy atom. The van der Waals surface area contributed by atoms with Crippen LogP contribution in [0.5, 0.6) is 0 Å². The minimum absolute atomic E-state index is 0.0880. The zero-order chi connectivity index (χ0) is 24.4. The van der Waals surface area contributed by atoms with Crippen LogP contribution in [0, 0.1) is 11.2 Å². The Kier molecular flexibility index (Phi) is 4.53. The van der Waals surface area contributed by atoms with Crippen LogP contribution in [0.4, 0.5) is 4.39 Å². The van der Waals surface area contributed by atoms with E-state index in [1.165, 1.54) is 6.20 Å². The summed E-state index contributed by atoms with van der Waals surface area (Å²) in [5.41, 5.74) is 4.90. The number of benzene rings is 1. The Labute approximate surface area is 205 Å². The zero-order valence-corrected chi connectivity index (χ0v) is 19.7. The quantitative estimate of drug-likeness (QED) is 0.363. The number of carbonyl (C=O) groups is 1. The van der Waals surface area contributed by atoms with E-state index < -0.39 is 5.82 Å². The second-order valence-corrected chi connectivity index (χ2v) is 9.94. The molecule has 8 nitrogen and oxygen atoms in total. The van der Waals surface area contributed by atoms with Crippen molar-refractivity contribution in [3.8, 4) is 22.4 Å². The lowest BCUT2D eigenvalue weighted by Crippen LogP contribution is -2.30. The summed E-state index contributed by atoms with van der Waals surface area (Å²) in [6.45, 7) is 1.98. The molecule has 7 rings (SSSR count). The lowest BCUT2D eigenvalue weighted by molar-refractivity contribution is 0.0945. The molecular weight excluding hydrogens is 457 g/mol. The van der Waals surface area contributed by atoms with Gasteiger partial charge in [-0.1, -0.05) is 12.1 Å². The topological polar surface area (TPSA) is 101 Å². The number of H-pyrrole nitrogens is 1. The summed E-state index contributed by atoms with van der Waals surface area (Å²) in [6.07, 6.45) is 8.74. The second-order valence-electron chi connectivity index (χ2n) is 9.94. The molecule has 4 aromatic heterocycles. The van der Waals surface area contributed by atoms with Crippen LogP contribution in [0.15, 0.2) is 55.1 Å². The van der Waals surface area contributed by atoms with Crippen LogP contribution in [0.2, 0.25) is 0 Å². The molecular formula is C27H24FN7O. The van der Waals surface area contributed by atoms with E-state index in [0.29, 0.717) is 27.7 Å². The van der Waals surface area contributed by atoms with E-state index in [2.05, 4.69) is 30.7 Å². The number of amides is 1. The fraction of sp³-hybridized carbons (Fsp3) is 0.259. The van der Waals surface area contributed by atoms with Crippen LogP contribution in [-0.4, -0.2) is 49.8 Å². The Morgan fingerprint density at radius 2 is 2.03 bits per heavy atom. The van der Waals surface area contributed by atoms with Crippen LogP contribution >= 0.6 is 0 Å². The first kappa shape index (κ1) is 21.2. The molecule has 36 heavy (non-hydrogen) atoms. The van der Waals surface area contributed by atoms with Crippen LogP contribution in [0.25, 0.3) is 44.3 Å². The number of hydrogen-bond donors (Lipinski definition) is 3. The highest BCUT2D eigenvalue weighted by Gasteiger charge is 2.56. The molecule has 2 fully saturated rings. The van der Waals surface area contributed by atoms with Crippen molar-refractivity contribution in [1.29, 1.82) is 0 Å². The number of pyridine rings is 2. The molecule has 1 aromatic carbocycles. The molecule has 2 aliphatic rings.